The summed E-state index contributed by atoms with van der Waals surface area (Å²) in [5.41, 5.74) is 3.96. The number of amides is 1. The molecule has 0 atom stereocenters. The summed E-state index contributed by atoms with van der Waals surface area (Å²) in [5, 5.41) is 6.43. The summed E-state index contributed by atoms with van der Waals surface area (Å²) in [6.07, 6.45) is 3.87. The summed E-state index contributed by atoms with van der Waals surface area (Å²) >= 11 is 0. The van der Waals surface area contributed by atoms with Gasteiger partial charge in [0.1, 0.15) is 0 Å². The molecule has 1 aliphatic rings. The Labute approximate surface area is 115 Å². The minimum atomic E-state index is 0.205. The van der Waals surface area contributed by atoms with E-state index >= 15 is 0 Å². The van der Waals surface area contributed by atoms with Crippen LogP contribution >= 0.6 is 0 Å². The van der Waals surface area contributed by atoms with Gasteiger partial charge >= 0.3 is 0 Å². The zero-order valence-electron chi connectivity index (χ0n) is 12.3. The molecule has 1 aromatic rings. The molecule has 4 heteroatoms. The number of aryl methyl sites for hydroxylation is 1. The Morgan fingerprint density at radius 1 is 1.42 bits per heavy atom. The van der Waals surface area contributed by atoms with Gasteiger partial charge in [0.25, 0.3) is 0 Å². The molecule has 1 aliphatic carbocycles. The highest BCUT2D eigenvalue weighted by Crippen LogP contribution is 2.18. The topological polar surface area (TPSA) is 46.1 Å². The number of rotatable bonds is 7. The smallest absolute Gasteiger partial charge is 0.220 e. The van der Waals surface area contributed by atoms with Crippen LogP contribution in [0.5, 0.6) is 0 Å². The van der Waals surface area contributed by atoms with E-state index in [1.807, 2.05) is 0 Å². The fourth-order valence-corrected chi connectivity index (χ4v) is 2.24. The molecule has 0 radical (unpaired) electrons. The first-order valence-electron chi connectivity index (χ1n) is 7.20. The summed E-state index contributed by atoms with van der Waals surface area (Å²) in [6, 6.07) is 2.71. The number of nitrogens with zero attached hydrogens (tertiary/aromatic N) is 1. The van der Waals surface area contributed by atoms with Crippen LogP contribution in [0.1, 0.15) is 42.6 Å². The third-order valence-electron chi connectivity index (χ3n) is 3.90. The Morgan fingerprint density at radius 2 is 2.16 bits per heavy atom. The van der Waals surface area contributed by atoms with E-state index in [2.05, 4.69) is 42.2 Å². The highest BCUT2D eigenvalue weighted by molar-refractivity contribution is 5.76. The lowest BCUT2D eigenvalue weighted by Gasteiger charge is -2.06. The van der Waals surface area contributed by atoms with Crippen molar-refractivity contribution in [2.75, 3.05) is 6.54 Å². The largest absolute Gasteiger partial charge is 0.353 e. The van der Waals surface area contributed by atoms with Crippen molar-refractivity contribution >= 4 is 5.91 Å². The van der Waals surface area contributed by atoms with E-state index < -0.39 is 0 Å². The van der Waals surface area contributed by atoms with Gasteiger partial charge in [0.15, 0.2) is 0 Å². The molecule has 1 saturated carbocycles. The lowest BCUT2D eigenvalue weighted by Crippen LogP contribution is -2.26. The van der Waals surface area contributed by atoms with Crippen LogP contribution in [-0.4, -0.2) is 23.1 Å². The van der Waals surface area contributed by atoms with Crippen molar-refractivity contribution in [1.82, 2.24) is 15.2 Å². The van der Waals surface area contributed by atoms with Crippen LogP contribution in [0.2, 0.25) is 0 Å². The lowest BCUT2D eigenvalue weighted by molar-refractivity contribution is -0.121. The van der Waals surface area contributed by atoms with Gasteiger partial charge in [-0.1, -0.05) is 0 Å². The van der Waals surface area contributed by atoms with Gasteiger partial charge in [-0.05, 0) is 51.3 Å². The molecule has 0 saturated heterocycles. The second-order valence-electron chi connectivity index (χ2n) is 5.58. The van der Waals surface area contributed by atoms with Gasteiger partial charge in [0, 0.05) is 37.4 Å². The second-order valence-corrected chi connectivity index (χ2v) is 5.58. The van der Waals surface area contributed by atoms with Crippen molar-refractivity contribution in [1.29, 1.82) is 0 Å². The minimum Gasteiger partial charge on any atom is -0.353 e. The quantitative estimate of drug-likeness (QED) is 0.737. The number of nitrogens with one attached hydrogen (secondary N) is 2. The molecule has 2 N–H and O–H groups in total. The van der Waals surface area contributed by atoms with Crippen molar-refractivity contribution in [2.45, 2.75) is 52.1 Å². The van der Waals surface area contributed by atoms with Crippen molar-refractivity contribution in [3.63, 3.8) is 0 Å². The molecule has 19 heavy (non-hydrogen) atoms. The maximum atomic E-state index is 11.5. The van der Waals surface area contributed by atoms with Gasteiger partial charge in [-0.15, -0.1) is 0 Å². The van der Waals surface area contributed by atoms with Gasteiger partial charge in [-0.25, -0.2) is 0 Å². The summed E-state index contributed by atoms with van der Waals surface area (Å²) < 4.78 is 2.21. The van der Waals surface area contributed by atoms with Gasteiger partial charge in [0.05, 0.1) is 0 Å². The van der Waals surface area contributed by atoms with E-state index in [0.717, 1.165) is 32.4 Å². The van der Waals surface area contributed by atoms with Crippen LogP contribution in [0.4, 0.5) is 0 Å². The molecule has 1 amide bonds. The Morgan fingerprint density at radius 3 is 2.74 bits per heavy atom. The molecule has 0 spiro atoms. The minimum absolute atomic E-state index is 0.205. The van der Waals surface area contributed by atoms with Crippen molar-refractivity contribution in [2.24, 2.45) is 7.05 Å². The van der Waals surface area contributed by atoms with Gasteiger partial charge in [-0.3, -0.25) is 4.79 Å². The third kappa shape index (κ3) is 4.10. The number of aromatic nitrogens is 1. The first-order chi connectivity index (χ1) is 9.08. The maximum absolute atomic E-state index is 11.5. The SMILES string of the molecule is Cc1cc(CNCCCC(=O)NC2CC2)c(C)n1C. The molecule has 0 aliphatic heterocycles. The van der Waals surface area contributed by atoms with Gasteiger partial charge in [-0.2, -0.15) is 0 Å². The number of carbonyl (C=O) groups is 1. The monoisotopic (exact) mass is 263 g/mol. The summed E-state index contributed by atoms with van der Waals surface area (Å²) in [4.78, 5) is 11.5. The first-order valence-corrected chi connectivity index (χ1v) is 7.20. The lowest BCUT2D eigenvalue weighted by atomic mass is 10.2. The number of carbonyl (C=O) groups excluding carboxylic acids is 1. The fraction of sp³-hybridized carbons (Fsp3) is 0.667. The highest BCUT2D eigenvalue weighted by atomic mass is 16.1. The first kappa shape index (κ1) is 14.1. The molecular weight excluding hydrogens is 238 g/mol. The van der Waals surface area contributed by atoms with Crippen LogP contribution in [0.3, 0.4) is 0 Å². The fourth-order valence-electron chi connectivity index (χ4n) is 2.24. The van der Waals surface area contributed by atoms with Crippen LogP contribution in [0.15, 0.2) is 6.07 Å². The highest BCUT2D eigenvalue weighted by Gasteiger charge is 2.22. The van der Waals surface area contributed by atoms with E-state index in [-0.39, 0.29) is 5.91 Å². The zero-order chi connectivity index (χ0) is 13.8. The molecule has 2 rings (SSSR count). The van der Waals surface area contributed by atoms with Crippen molar-refractivity contribution in [3.05, 3.63) is 23.0 Å². The van der Waals surface area contributed by atoms with Gasteiger partial charge < -0.3 is 15.2 Å². The third-order valence-corrected chi connectivity index (χ3v) is 3.90. The van der Waals surface area contributed by atoms with Crippen LogP contribution in [0.25, 0.3) is 0 Å². The second kappa shape index (κ2) is 6.24. The maximum Gasteiger partial charge on any atom is 0.220 e. The van der Waals surface area contributed by atoms with Crippen LogP contribution in [0, 0.1) is 13.8 Å². The molecule has 1 heterocycles. The molecule has 1 fully saturated rings. The molecule has 0 bridgehead atoms. The standard InChI is InChI=1S/C15H25N3O/c1-11-9-13(12(2)18(11)3)10-16-8-4-5-15(19)17-14-6-7-14/h9,14,16H,4-8,10H2,1-3H3,(H,17,19). The van der Waals surface area contributed by atoms with Crippen molar-refractivity contribution in [3.8, 4) is 0 Å². The summed E-state index contributed by atoms with van der Waals surface area (Å²) in [5.74, 6) is 0.205. The Kier molecular flexibility index (Phi) is 4.64. The van der Waals surface area contributed by atoms with E-state index in [0.29, 0.717) is 12.5 Å². The Bertz CT molecular complexity index is 446. The van der Waals surface area contributed by atoms with E-state index in [1.165, 1.54) is 17.0 Å². The predicted molar refractivity (Wildman–Crippen MR) is 77.0 cm³/mol. The van der Waals surface area contributed by atoms with E-state index in [1.54, 1.807) is 0 Å². The Hall–Kier alpha value is -1.29. The zero-order valence-corrected chi connectivity index (χ0v) is 12.3. The van der Waals surface area contributed by atoms with E-state index in [4.69, 9.17) is 0 Å². The average Bonchev–Trinajstić information content (AvgIpc) is 3.14. The molecule has 4 nitrogen and oxygen atoms in total. The number of hydrogen-bond acceptors (Lipinski definition) is 2. The molecule has 1 aromatic heterocycles. The predicted octanol–water partition coefficient (Wildman–Crippen LogP) is 1.79. The number of hydrogen-bond donors (Lipinski definition) is 2. The summed E-state index contributed by atoms with van der Waals surface area (Å²) in [6.45, 7) is 6.05. The van der Waals surface area contributed by atoms with E-state index in [9.17, 15) is 4.79 Å². The average molecular weight is 263 g/mol. The Balaban J connectivity index is 1.60. The van der Waals surface area contributed by atoms with Gasteiger partial charge in [0.2, 0.25) is 5.91 Å². The van der Waals surface area contributed by atoms with Crippen molar-refractivity contribution < 1.29 is 4.79 Å². The molecule has 106 valence electrons. The normalized spacial score (nSPS) is 14.7. The van der Waals surface area contributed by atoms with Crippen LogP contribution < -0.4 is 10.6 Å². The molecular formula is C15H25N3O. The molecule has 0 unspecified atom stereocenters. The molecule has 0 aromatic carbocycles. The van der Waals surface area contributed by atoms with Crippen LogP contribution in [-0.2, 0) is 18.4 Å². The summed E-state index contributed by atoms with van der Waals surface area (Å²) in [7, 11) is 2.09.